The predicted octanol–water partition coefficient (Wildman–Crippen LogP) is 3.28. The zero-order valence-electron chi connectivity index (χ0n) is 21.5. The second kappa shape index (κ2) is 12.5. The van der Waals surface area contributed by atoms with Gasteiger partial charge in [0.2, 0.25) is 21.8 Å². The van der Waals surface area contributed by atoms with Gasteiger partial charge in [-0.25, -0.2) is 8.42 Å². The van der Waals surface area contributed by atoms with Crippen molar-refractivity contribution in [2.75, 3.05) is 27.0 Å². The molecular weight excluding hydrogens is 490 g/mol. The summed E-state index contributed by atoms with van der Waals surface area (Å²) in [4.78, 5) is 28.6. The summed E-state index contributed by atoms with van der Waals surface area (Å²) in [5, 5.41) is 2.96. The molecule has 1 atom stereocenters. The van der Waals surface area contributed by atoms with Crippen LogP contribution in [-0.4, -0.2) is 56.4 Å². The topological polar surface area (TPSA) is 96.0 Å². The van der Waals surface area contributed by atoms with Gasteiger partial charge in [0.05, 0.1) is 19.9 Å². The van der Waals surface area contributed by atoms with Gasteiger partial charge in [-0.15, -0.1) is 0 Å². The van der Waals surface area contributed by atoms with Gasteiger partial charge in [0.15, 0.2) is 0 Å². The van der Waals surface area contributed by atoms with Crippen LogP contribution in [0.15, 0.2) is 78.9 Å². The first kappa shape index (κ1) is 27.9. The second-order valence-corrected chi connectivity index (χ2v) is 11.0. The quantitative estimate of drug-likeness (QED) is 0.416. The average molecular weight is 524 g/mol. The van der Waals surface area contributed by atoms with Crippen LogP contribution in [0.5, 0.6) is 5.75 Å². The van der Waals surface area contributed by atoms with Gasteiger partial charge >= 0.3 is 0 Å². The zero-order chi connectivity index (χ0) is 27.0. The van der Waals surface area contributed by atoms with Gasteiger partial charge in [-0.1, -0.05) is 72.3 Å². The van der Waals surface area contributed by atoms with Crippen molar-refractivity contribution in [3.63, 3.8) is 0 Å². The molecule has 8 nitrogen and oxygen atoms in total. The van der Waals surface area contributed by atoms with E-state index in [1.165, 1.54) is 11.9 Å². The van der Waals surface area contributed by atoms with Gasteiger partial charge in [0, 0.05) is 20.1 Å². The number of methoxy groups -OCH3 is 1. The van der Waals surface area contributed by atoms with Crippen molar-refractivity contribution in [3.05, 3.63) is 101 Å². The molecule has 2 amide bonds. The third-order valence-electron chi connectivity index (χ3n) is 6.02. The number of benzene rings is 3. The highest BCUT2D eigenvalue weighted by atomic mass is 32.2. The number of aryl methyl sites for hydroxylation is 1. The molecule has 3 aromatic carbocycles. The minimum atomic E-state index is -3.60. The predicted molar refractivity (Wildman–Crippen MR) is 143 cm³/mol. The van der Waals surface area contributed by atoms with Crippen molar-refractivity contribution >= 4 is 21.8 Å². The Kier molecular flexibility index (Phi) is 9.43. The van der Waals surface area contributed by atoms with Gasteiger partial charge in [0.25, 0.3) is 0 Å². The summed E-state index contributed by atoms with van der Waals surface area (Å²) < 4.78 is 30.3. The largest absolute Gasteiger partial charge is 0.497 e. The lowest BCUT2D eigenvalue weighted by Gasteiger charge is -2.32. The Labute approximate surface area is 218 Å². The van der Waals surface area contributed by atoms with Crippen LogP contribution in [0.1, 0.15) is 28.3 Å². The van der Waals surface area contributed by atoms with E-state index in [1.807, 2.05) is 49.4 Å². The van der Waals surface area contributed by atoms with Crippen molar-refractivity contribution in [1.82, 2.24) is 14.5 Å². The Hall–Kier alpha value is -3.69. The fraction of sp³-hybridized carbons (Fsp3) is 0.286. The molecule has 0 bridgehead atoms. The van der Waals surface area contributed by atoms with E-state index in [0.29, 0.717) is 11.3 Å². The number of hydrogen-bond donors (Lipinski definition) is 1. The molecule has 37 heavy (non-hydrogen) atoms. The van der Waals surface area contributed by atoms with Crippen LogP contribution in [-0.2, 0) is 32.7 Å². The van der Waals surface area contributed by atoms with Gasteiger partial charge in [-0.2, -0.15) is 4.31 Å². The van der Waals surface area contributed by atoms with Crippen LogP contribution in [0.2, 0.25) is 0 Å². The van der Waals surface area contributed by atoms with E-state index in [0.717, 1.165) is 27.3 Å². The van der Waals surface area contributed by atoms with Gasteiger partial charge in [-0.05, 0) is 35.7 Å². The summed E-state index contributed by atoms with van der Waals surface area (Å²) >= 11 is 0. The Morgan fingerprint density at radius 3 is 2.08 bits per heavy atom. The van der Waals surface area contributed by atoms with E-state index in [1.54, 1.807) is 43.5 Å². The first-order valence-electron chi connectivity index (χ1n) is 11.8. The standard InChI is InChI=1S/C28H33N3O5S/c1-21-10-12-22(13-11-21)18-29-28(33)27(24-8-6-5-7-9-24)31(26(32)20-30(2)37(4,34)35)19-23-14-16-25(36-3)17-15-23/h5-17,27H,18-20H2,1-4H3,(H,29,33). The Bertz CT molecular complexity index is 1290. The normalized spacial score (nSPS) is 12.1. The number of ether oxygens (including phenoxy) is 1. The molecule has 0 aliphatic carbocycles. The monoisotopic (exact) mass is 523 g/mol. The number of rotatable bonds is 11. The molecule has 0 saturated heterocycles. The summed E-state index contributed by atoms with van der Waals surface area (Å²) in [6, 6.07) is 23.0. The number of carbonyl (C=O) groups is 2. The number of carbonyl (C=O) groups excluding carboxylic acids is 2. The van der Waals surface area contributed by atoms with Crippen molar-refractivity contribution in [2.45, 2.75) is 26.1 Å². The molecule has 0 radical (unpaired) electrons. The fourth-order valence-corrected chi connectivity index (χ4v) is 4.09. The van der Waals surface area contributed by atoms with Crippen molar-refractivity contribution in [2.24, 2.45) is 0 Å². The third kappa shape index (κ3) is 7.90. The molecule has 0 aliphatic heterocycles. The summed E-state index contributed by atoms with van der Waals surface area (Å²) in [5.74, 6) is -0.201. The molecular formula is C28H33N3O5S. The fourth-order valence-electron chi connectivity index (χ4n) is 3.75. The highest BCUT2D eigenvalue weighted by Crippen LogP contribution is 2.25. The summed E-state index contributed by atoms with van der Waals surface area (Å²) in [5.41, 5.74) is 3.43. The summed E-state index contributed by atoms with van der Waals surface area (Å²) in [6.07, 6.45) is 1.04. The average Bonchev–Trinajstić information content (AvgIpc) is 2.88. The number of sulfonamides is 1. The van der Waals surface area contributed by atoms with Crippen LogP contribution >= 0.6 is 0 Å². The van der Waals surface area contributed by atoms with E-state index in [-0.39, 0.29) is 19.0 Å². The Morgan fingerprint density at radius 1 is 0.919 bits per heavy atom. The maximum Gasteiger partial charge on any atom is 0.247 e. The number of nitrogens with one attached hydrogen (secondary N) is 1. The van der Waals surface area contributed by atoms with Crippen LogP contribution in [0.4, 0.5) is 0 Å². The van der Waals surface area contributed by atoms with Crippen molar-refractivity contribution < 1.29 is 22.7 Å². The minimum absolute atomic E-state index is 0.0952. The highest BCUT2D eigenvalue weighted by Gasteiger charge is 2.32. The lowest BCUT2D eigenvalue weighted by Crippen LogP contribution is -2.47. The molecule has 0 fully saturated rings. The zero-order valence-corrected chi connectivity index (χ0v) is 22.4. The molecule has 0 saturated carbocycles. The van der Waals surface area contributed by atoms with Crippen molar-refractivity contribution in [3.8, 4) is 5.75 Å². The summed E-state index contributed by atoms with van der Waals surface area (Å²) in [6.45, 7) is 1.97. The van der Waals surface area contributed by atoms with E-state index in [9.17, 15) is 18.0 Å². The van der Waals surface area contributed by atoms with E-state index < -0.39 is 28.5 Å². The van der Waals surface area contributed by atoms with Gasteiger partial charge < -0.3 is 15.0 Å². The smallest absolute Gasteiger partial charge is 0.247 e. The van der Waals surface area contributed by atoms with E-state index in [2.05, 4.69) is 5.32 Å². The van der Waals surface area contributed by atoms with Crippen LogP contribution in [0.3, 0.4) is 0 Å². The molecule has 196 valence electrons. The molecule has 0 heterocycles. The van der Waals surface area contributed by atoms with Crippen LogP contribution in [0, 0.1) is 6.92 Å². The maximum atomic E-state index is 13.6. The van der Waals surface area contributed by atoms with Crippen molar-refractivity contribution in [1.29, 1.82) is 0 Å². The molecule has 0 spiro atoms. The van der Waals surface area contributed by atoms with Crippen LogP contribution < -0.4 is 10.1 Å². The maximum absolute atomic E-state index is 13.6. The Balaban J connectivity index is 1.97. The highest BCUT2D eigenvalue weighted by molar-refractivity contribution is 7.88. The first-order chi connectivity index (χ1) is 17.6. The SMILES string of the molecule is COc1ccc(CN(C(=O)CN(C)S(C)(=O)=O)C(C(=O)NCc2ccc(C)cc2)c2ccccc2)cc1. The molecule has 0 aliphatic rings. The number of nitrogens with zero attached hydrogens (tertiary/aromatic N) is 2. The number of hydrogen-bond acceptors (Lipinski definition) is 5. The van der Waals surface area contributed by atoms with Gasteiger partial charge in [-0.3, -0.25) is 9.59 Å². The molecule has 0 aromatic heterocycles. The molecule has 3 aromatic rings. The third-order valence-corrected chi connectivity index (χ3v) is 7.28. The van der Waals surface area contributed by atoms with E-state index >= 15 is 0 Å². The van der Waals surface area contributed by atoms with Gasteiger partial charge in [0.1, 0.15) is 11.8 Å². The number of amides is 2. The molecule has 1 N–H and O–H groups in total. The molecule has 9 heteroatoms. The second-order valence-electron chi connectivity index (χ2n) is 8.91. The Morgan fingerprint density at radius 2 is 1.51 bits per heavy atom. The first-order valence-corrected chi connectivity index (χ1v) is 13.6. The van der Waals surface area contributed by atoms with Crippen LogP contribution in [0.25, 0.3) is 0 Å². The lowest BCUT2D eigenvalue weighted by atomic mass is 10.0. The lowest BCUT2D eigenvalue weighted by molar-refractivity contribution is -0.141. The molecule has 1 unspecified atom stereocenters. The summed E-state index contributed by atoms with van der Waals surface area (Å²) in [7, 11) is -0.699. The molecule has 3 rings (SSSR count). The minimum Gasteiger partial charge on any atom is -0.497 e. The number of likely N-dealkylation sites (N-methyl/N-ethyl adjacent to an activating group) is 1. The van der Waals surface area contributed by atoms with E-state index in [4.69, 9.17) is 4.74 Å².